The van der Waals surface area contributed by atoms with Gasteiger partial charge in [-0.05, 0) is 26.8 Å². The number of ether oxygens (including phenoxy) is 2. The summed E-state index contributed by atoms with van der Waals surface area (Å²) in [6, 6.07) is 0. The van der Waals surface area contributed by atoms with Crippen molar-refractivity contribution in [2.24, 2.45) is 5.92 Å². The number of hydrogen-bond donors (Lipinski definition) is 0. The number of Topliss-reactive ketones (excluding diaryl/α,β-unsaturated/α-hetero) is 1. The van der Waals surface area contributed by atoms with Gasteiger partial charge in [0.15, 0.2) is 0 Å². The van der Waals surface area contributed by atoms with E-state index in [-0.39, 0.29) is 11.7 Å². The number of ketones is 1. The summed E-state index contributed by atoms with van der Waals surface area (Å²) >= 11 is 0. The van der Waals surface area contributed by atoms with Gasteiger partial charge >= 0.3 is 6.16 Å². The van der Waals surface area contributed by atoms with E-state index in [4.69, 9.17) is 9.47 Å². The molecule has 0 heterocycles. The first-order valence-electron chi connectivity index (χ1n) is 5.40. The van der Waals surface area contributed by atoms with Crippen LogP contribution in [-0.2, 0) is 14.3 Å². The smallest absolute Gasteiger partial charge is 0.428 e. The zero-order valence-corrected chi connectivity index (χ0v) is 10.2. The zero-order valence-electron chi connectivity index (χ0n) is 10.2. The standard InChI is InChI=1S/C12H18O4/c1-8-7-9(5-6-10(8)13)15-11(14)16-12(2,3)4/h5,8H,6-7H2,1-4H3/t8-/m0/s1. The van der Waals surface area contributed by atoms with Crippen LogP contribution in [0.3, 0.4) is 0 Å². The molecule has 0 N–H and O–H groups in total. The van der Waals surface area contributed by atoms with Gasteiger partial charge in [0.25, 0.3) is 0 Å². The van der Waals surface area contributed by atoms with E-state index in [2.05, 4.69) is 0 Å². The predicted octanol–water partition coefficient (Wildman–Crippen LogP) is 2.82. The molecule has 0 radical (unpaired) electrons. The molecule has 1 atom stereocenters. The summed E-state index contributed by atoms with van der Waals surface area (Å²) < 4.78 is 10.0. The summed E-state index contributed by atoms with van der Waals surface area (Å²) in [6.45, 7) is 7.15. The molecule has 0 aromatic carbocycles. The Labute approximate surface area is 95.6 Å². The maximum atomic E-state index is 11.3. The Balaban J connectivity index is 2.50. The molecular formula is C12H18O4. The van der Waals surface area contributed by atoms with Gasteiger partial charge in [0.1, 0.15) is 17.1 Å². The molecule has 0 unspecified atom stereocenters. The third kappa shape index (κ3) is 4.04. The van der Waals surface area contributed by atoms with Crippen molar-refractivity contribution in [3.05, 3.63) is 11.8 Å². The fraction of sp³-hybridized carbons (Fsp3) is 0.667. The highest BCUT2D eigenvalue weighted by Crippen LogP contribution is 2.22. The van der Waals surface area contributed by atoms with Crippen molar-refractivity contribution in [2.75, 3.05) is 0 Å². The Morgan fingerprint density at radius 2 is 2.06 bits per heavy atom. The van der Waals surface area contributed by atoms with Crippen LogP contribution in [0.1, 0.15) is 40.5 Å². The number of rotatable bonds is 1. The quantitative estimate of drug-likeness (QED) is 0.645. The average molecular weight is 226 g/mol. The normalized spacial score (nSPS) is 21.4. The number of hydrogen-bond acceptors (Lipinski definition) is 4. The van der Waals surface area contributed by atoms with Crippen LogP contribution >= 0.6 is 0 Å². The molecule has 0 aromatic heterocycles. The van der Waals surface area contributed by atoms with Crippen LogP contribution in [0, 0.1) is 5.92 Å². The van der Waals surface area contributed by atoms with E-state index < -0.39 is 11.8 Å². The van der Waals surface area contributed by atoms with Gasteiger partial charge in [0.2, 0.25) is 0 Å². The van der Waals surface area contributed by atoms with E-state index >= 15 is 0 Å². The molecule has 90 valence electrons. The lowest BCUT2D eigenvalue weighted by molar-refractivity contribution is -0.122. The second kappa shape index (κ2) is 4.68. The molecule has 16 heavy (non-hydrogen) atoms. The summed E-state index contributed by atoms with van der Waals surface area (Å²) in [5.74, 6) is 0.625. The van der Waals surface area contributed by atoms with Crippen LogP contribution in [0.25, 0.3) is 0 Å². The van der Waals surface area contributed by atoms with Crippen LogP contribution in [0.15, 0.2) is 11.8 Å². The van der Waals surface area contributed by atoms with E-state index in [1.54, 1.807) is 26.8 Å². The van der Waals surface area contributed by atoms with Crippen LogP contribution in [-0.4, -0.2) is 17.5 Å². The molecular weight excluding hydrogens is 208 g/mol. The highest BCUT2D eigenvalue weighted by molar-refractivity contribution is 5.83. The summed E-state index contributed by atoms with van der Waals surface area (Å²) in [5.41, 5.74) is -0.562. The van der Waals surface area contributed by atoms with E-state index in [0.29, 0.717) is 18.6 Å². The van der Waals surface area contributed by atoms with Crippen molar-refractivity contribution < 1.29 is 19.1 Å². The Hall–Kier alpha value is -1.32. The second-order valence-corrected chi connectivity index (χ2v) is 5.01. The first-order valence-corrected chi connectivity index (χ1v) is 5.40. The summed E-state index contributed by atoms with van der Waals surface area (Å²) in [6.07, 6.45) is 1.74. The SMILES string of the molecule is C[C@H]1CC(OC(=O)OC(C)(C)C)=CCC1=O. The molecule has 1 aliphatic carbocycles. The molecule has 0 saturated heterocycles. The van der Waals surface area contributed by atoms with Crippen molar-refractivity contribution >= 4 is 11.9 Å². The minimum absolute atomic E-state index is 0.0811. The molecule has 0 aromatic rings. The lowest BCUT2D eigenvalue weighted by Crippen LogP contribution is -2.25. The minimum atomic E-state index is -0.708. The van der Waals surface area contributed by atoms with Crippen LogP contribution in [0.5, 0.6) is 0 Å². The molecule has 1 rings (SSSR count). The Kier molecular flexibility index (Phi) is 3.73. The third-order valence-corrected chi connectivity index (χ3v) is 2.19. The number of allylic oxidation sites excluding steroid dienone is 2. The van der Waals surface area contributed by atoms with Crippen LogP contribution < -0.4 is 0 Å². The molecule has 1 aliphatic rings. The maximum Gasteiger partial charge on any atom is 0.514 e. The van der Waals surface area contributed by atoms with Crippen LogP contribution in [0.4, 0.5) is 4.79 Å². The Bertz CT molecular complexity index is 322. The van der Waals surface area contributed by atoms with Gasteiger partial charge in [-0.1, -0.05) is 6.92 Å². The predicted molar refractivity (Wildman–Crippen MR) is 58.8 cm³/mol. The monoisotopic (exact) mass is 226 g/mol. The average Bonchev–Trinajstić information content (AvgIpc) is 2.08. The van der Waals surface area contributed by atoms with Crippen LogP contribution in [0.2, 0.25) is 0 Å². The molecule has 0 fully saturated rings. The van der Waals surface area contributed by atoms with Gasteiger partial charge in [0.05, 0.1) is 0 Å². The van der Waals surface area contributed by atoms with Crippen molar-refractivity contribution in [3.63, 3.8) is 0 Å². The highest BCUT2D eigenvalue weighted by atomic mass is 16.7. The van der Waals surface area contributed by atoms with Gasteiger partial charge < -0.3 is 9.47 Å². The first-order chi connectivity index (χ1) is 7.28. The van der Waals surface area contributed by atoms with E-state index in [1.807, 2.05) is 6.92 Å². The minimum Gasteiger partial charge on any atom is -0.428 e. The molecule has 0 bridgehead atoms. The van der Waals surface area contributed by atoms with Gasteiger partial charge in [-0.15, -0.1) is 0 Å². The zero-order chi connectivity index (χ0) is 12.3. The lowest BCUT2D eigenvalue weighted by atomic mass is 9.94. The summed E-state index contributed by atoms with van der Waals surface area (Å²) in [7, 11) is 0. The lowest BCUT2D eigenvalue weighted by Gasteiger charge is -2.21. The topological polar surface area (TPSA) is 52.6 Å². The molecule has 0 spiro atoms. The van der Waals surface area contributed by atoms with Gasteiger partial charge in [-0.3, -0.25) is 4.79 Å². The summed E-state index contributed by atoms with van der Waals surface area (Å²) in [4.78, 5) is 22.6. The Morgan fingerprint density at radius 1 is 1.44 bits per heavy atom. The fourth-order valence-electron chi connectivity index (χ4n) is 1.38. The first kappa shape index (κ1) is 12.7. The van der Waals surface area contributed by atoms with Gasteiger partial charge in [-0.2, -0.15) is 0 Å². The largest absolute Gasteiger partial charge is 0.514 e. The number of carbonyl (C=O) groups is 2. The number of carbonyl (C=O) groups excluding carboxylic acids is 2. The van der Waals surface area contributed by atoms with Crippen molar-refractivity contribution in [1.29, 1.82) is 0 Å². The molecule has 0 amide bonds. The molecule has 4 heteroatoms. The molecule has 4 nitrogen and oxygen atoms in total. The molecule has 0 saturated carbocycles. The third-order valence-electron chi connectivity index (χ3n) is 2.19. The second-order valence-electron chi connectivity index (χ2n) is 5.01. The van der Waals surface area contributed by atoms with E-state index in [0.717, 1.165) is 0 Å². The van der Waals surface area contributed by atoms with E-state index in [1.165, 1.54) is 0 Å². The van der Waals surface area contributed by atoms with E-state index in [9.17, 15) is 9.59 Å². The van der Waals surface area contributed by atoms with Gasteiger partial charge in [-0.25, -0.2) is 4.79 Å². The highest BCUT2D eigenvalue weighted by Gasteiger charge is 2.24. The Morgan fingerprint density at radius 3 is 2.56 bits per heavy atom. The van der Waals surface area contributed by atoms with Crippen molar-refractivity contribution in [1.82, 2.24) is 0 Å². The maximum absolute atomic E-state index is 11.3. The fourth-order valence-corrected chi connectivity index (χ4v) is 1.38. The van der Waals surface area contributed by atoms with Crippen molar-refractivity contribution in [2.45, 2.75) is 46.1 Å². The summed E-state index contributed by atoms with van der Waals surface area (Å²) in [5, 5.41) is 0. The van der Waals surface area contributed by atoms with Crippen molar-refractivity contribution in [3.8, 4) is 0 Å². The molecule has 0 aliphatic heterocycles. The van der Waals surface area contributed by atoms with Gasteiger partial charge in [0, 0.05) is 18.8 Å².